The fraction of sp³-hybridized carbons (Fsp3) is 0.368. The van der Waals surface area contributed by atoms with Crippen molar-refractivity contribution in [2.24, 2.45) is 0 Å². The summed E-state index contributed by atoms with van der Waals surface area (Å²) in [7, 11) is -2.18. The molecule has 6 rings (SSSR count). The zero-order valence-corrected chi connectivity index (χ0v) is 29.8. The maximum atomic E-state index is 13.9. The second-order valence-electron chi connectivity index (χ2n) is 12.7. The first-order chi connectivity index (χ1) is 23.1. The third-order valence-corrected chi connectivity index (χ3v) is 11.3. The van der Waals surface area contributed by atoms with Gasteiger partial charge in [-0.05, 0) is 125 Å². The molecule has 0 saturated carbocycles. The number of halogens is 1. The summed E-state index contributed by atoms with van der Waals surface area (Å²) in [6.07, 6.45) is 5.92. The van der Waals surface area contributed by atoms with E-state index in [1.54, 1.807) is 35.7 Å². The van der Waals surface area contributed by atoms with Crippen LogP contribution in [0.1, 0.15) is 53.8 Å². The summed E-state index contributed by atoms with van der Waals surface area (Å²) in [6, 6.07) is 18.6. The summed E-state index contributed by atoms with van der Waals surface area (Å²) in [5, 5.41) is 9.94. The van der Waals surface area contributed by atoms with E-state index in [-0.39, 0.29) is 4.90 Å². The molecule has 0 radical (unpaired) electrons. The summed E-state index contributed by atoms with van der Waals surface area (Å²) in [5.41, 5.74) is 9.85. The molecule has 5 aromatic rings. The molecule has 1 aliphatic carbocycles. The second kappa shape index (κ2) is 14.7. The molecule has 0 fully saturated rings. The number of rotatable bonds is 13. The van der Waals surface area contributed by atoms with Crippen molar-refractivity contribution >= 4 is 54.8 Å². The van der Waals surface area contributed by atoms with Crippen molar-refractivity contribution in [1.29, 1.82) is 0 Å². The molecule has 0 bridgehead atoms. The summed E-state index contributed by atoms with van der Waals surface area (Å²) in [5.74, 6) is 0.614. The number of anilines is 2. The van der Waals surface area contributed by atoms with Crippen LogP contribution in [0.5, 0.6) is 5.75 Å². The first-order valence-corrected chi connectivity index (χ1v) is 18.6. The number of hydrogen-bond donors (Lipinski definition) is 2. The van der Waals surface area contributed by atoms with E-state index in [4.69, 9.17) is 21.3 Å². The Labute approximate surface area is 288 Å². The molecule has 2 N–H and O–H groups in total. The van der Waals surface area contributed by atoms with Crippen molar-refractivity contribution in [3.8, 4) is 5.75 Å². The molecule has 0 saturated heterocycles. The number of ether oxygens (including phenoxy) is 1. The van der Waals surface area contributed by atoms with Gasteiger partial charge in [-0.25, -0.2) is 8.42 Å². The smallest absolute Gasteiger partial charge is 0.243 e. The number of methoxy groups -OCH3 is 1. The van der Waals surface area contributed by atoms with Crippen molar-refractivity contribution < 1.29 is 13.2 Å². The monoisotopic (exact) mass is 685 g/mol. The van der Waals surface area contributed by atoms with Gasteiger partial charge in [0, 0.05) is 64.7 Å². The van der Waals surface area contributed by atoms with E-state index in [9.17, 15) is 8.42 Å². The van der Waals surface area contributed by atoms with Gasteiger partial charge in [-0.3, -0.25) is 9.97 Å². The third-order valence-electron chi connectivity index (χ3n) is 9.11. The van der Waals surface area contributed by atoms with Gasteiger partial charge in [0.15, 0.2) is 0 Å². The molecule has 2 heterocycles. The Balaban J connectivity index is 1.17. The summed E-state index contributed by atoms with van der Waals surface area (Å²) < 4.78 is 34.8. The highest BCUT2D eigenvalue weighted by atomic mass is 35.5. The zero-order valence-electron chi connectivity index (χ0n) is 28.2. The van der Waals surface area contributed by atoms with Gasteiger partial charge in [-0.15, -0.1) is 0 Å². The van der Waals surface area contributed by atoms with E-state index in [0.717, 1.165) is 53.6 Å². The van der Waals surface area contributed by atoms with Crippen LogP contribution in [0.25, 0.3) is 21.8 Å². The maximum absolute atomic E-state index is 13.9. The molecule has 0 aliphatic heterocycles. The van der Waals surface area contributed by atoms with Crippen LogP contribution in [-0.4, -0.2) is 56.0 Å². The van der Waals surface area contributed by atoms with E-state index in [1.165, 1.54) is 46.3 Å². The third kappa shape index (κ3) is 7.38. The average molecular weight is 686 g/mol. The summed E-state index contributed by atoms with van der Waals surface area (Å²) >= 11 is 6.30. The number of benzene rings is 3. The van der Waals surface area contributed by atoms with E-state index < -0.39 is 10.0 Å². The zero-order chi connectivity index (χ0) is 33.8. The van der Waals surface area contributed by atoms with Crippen molar-refractivity contribution in [2.75, 3.05) is 43.9 Å². The minimum absolute atomic E-state index is 0.249. The number of sulfonamides is 1. The Kier molecular flexibility index (Phi) is 10.4. The van der Waals surface area contributed by atoms with Crippen molar-refractivity contribution in [3.05, 3.63) is 93.8 Å². The predicted molar refractivity (Wildman–Crippen MR) is 197 cm³/mol. The highest BCUT2D eigenvalue weighted by Crippen LogP contribution is 2.35. The molecule has 0 atom stereocenters. The van der Waals surface area contributed by atoms with E-state index in [1.807, 2.05) is 31.2 Å². The number of nitrogens with zero attached hydrogens (tertiary/aromatic N) is 3. The lowest BCUT2D eigenvalue weighted by Crippen LogP contribution is -2.36. The van der Waals surface area contributed by atoms with Gasteiger partial charge in [0.2, 0.25) is 10.0 Å². The summed E-state index contributed by atoms with van der Waals surface area (Å²) in [4.78, 5) is 9.96. The quantitative estimate of drug-likeness (QED) is 0.121. The first-order valence-electron chi connectivity index (χ1n) is 16.8. The Morgan fingerprint density at radius 2 is 1.65 bits per heavy atom. The topological polar surface area (TPSA) is 96.5 Å². The van der Waals surface area contributed by atoms with Crippen LogP contribution in [0.15, 0.2) is 65.6 Å². The van der Waals surface area contributed by atoms with E-state index in [0.29, 0.717) is 36.8 Å². The molecule has 8 nitrogen and oxygen atoms in total. The van der Waals surface area contributed by atoms with Gasteiger partial charge in [0.25, 0.3) is 0 Å². The Bertz CT molecular complexity index is 2050. The van der Waals surface area contributed by atoms with Crippen LogP contribution in [0.4, 0.5) is 11.4 Å². The molecule has 0 spiro atoms. The largest absolute Gasteiger partial charge is 0.497 e. The van der Waals surface area contributed by atoms with Crippen LogP contribution in [0, 0.1) is 20.8 Å². The highest BCUT2D eigenvalue weighted by molar-refractivity contribution is 7.89. The van der Waals surface area contributed by atoms with Gasteiger partial charge in [0.05, 0.1) is 23.0 Å². The molecule has 48 heavy (non-hydrogen) atoms. The average Bonchev–Trinajstić information content (AvgIpc) is 3.07. The molecule has 2 aromatic heterocycles. The van der Waals surface area contributed by atoms with Gasteiger partial charge >= 0.3 is 0 Å². The second-order valence-corrected chi connectivity index (χ2v) is 15.1. The molecule has 10 heteroatoms. The number of unbranched alkanes of at least 4 members (excludes halogenated alkanes) is 1. The predicted octanol–water partition coefficient (Wildman–Crippen LogP) is 8.24. The van der Waals surface area contributed by atoms with Gasteiger partial charge in [-0.1, -0.05) is 23.2 Å². The van der Waals surface area contributed by atoms with Crippen LogP contribution in [0.2, 0.25) is 5.02 Å². The molecule has 0 amide bonds. The van der Waals surface area contributed by atoms with E-state index in [2.05, 4.69) is 41.6 Å². The molecule has 252 valence electrons. The lowest BCUT2D eigenvalue weighted by molar-refractivity contribution is 0.409. The van der Waals surface area contributed by atoms with Crippen LogP contribution < -0.4 is 15.4 Å². The lowest BCUT2D eigenvalue weighted by Gasteiger charge is -2.24. The molecular weight excluding hydrogens is 642 g/mol. The number of aromatic nitrogens is 2. The number of fused-ring (bicyclic) bond motifs is 3. The minimum atomic E-state index is -3.75. The molecule has 1 aliphatic rings. The van der Waals surface area contributed by atoms with Crippen molar-refractivity contribution in [2.45, 2.75) is 64.2 Å². The highest BCUT2D eigenvalue weighted by Gasteiger charge is 2.24. The number of nitrogens with one attached hydrogen (secondary N) is 2. The van der Waals surface area contributed by atoms with Gasteiger partial charge in [0.1, 0.15) is 5.75 Å². The molecule has 0 unspecified atom stereocenters. The Morgan fingerprint density at radius 1 is 0.854 bits per heavy atom. The van der Waals surface area contributed by atoms with Crippen molar-refractivity contribution in [3.63, 3.8) is 0 Å². The standard InChI is InChI=1S/C38H44ClN5O3S/c1-25-21-26(2)37-33(22-25)38(31-9-5-6-10-34(31)43-37)41-17-7-8-19-44(48(45,46)30-14-12-29(47-4)13-15-30)20-18-40-36-23-27(3)42-35-16-11-28(39)24-32(35)36/h11-16,21-24H,5-10,17-20H2,1-4H3,(H,40,42)(H,41,43). The molecule has 3 aromatic carbocycles. The number of pyridine rings is 2. The lowest BCUT2D eigenvalue weighted by atomic mass is 9.91. The first kappa shape index (κ1) is 34.0. The Hall–Kier alpha value is -3.92. The SMILES string of the molecule is COc1ccc(S(=O)(=O)N(CCCCNc2c3c(nc4c(C)cc(C)cc24)CCCC3)CCNc2cc(C)nc3ccc(Cl)cc23)cc1. The fourth-order valence-corrected chi connectivity index (χ4v) is 8.40. The van der Waals surface area contributed by atoms with Crippen LogP contribution in [0.3, 0.4) is 0 Å². The number of aryl methyl sites for hydroxylation is 4. The van der Waals surface area contributed by atoms with E-state index >= 15 is 0 Å². The Morgan fingerprint density at radius 3 is 2.44 bits per heavy atom. The minimum Gasteiger partial charge on any atom is -0.497 e. The maximum Gasteiger partial charge on any atom is 0.243 e. The summed E-state index contributed by atoms with van der Waals surface area (Å²) in [6.45, 7) is 8.08. The normalized spacial score (nSPS) is 13.2. The van der Waals surface area contributed by atoms with Crippen LogP contribution in [-0.2, 0) is 22.9 Å². The van der Waals surface area contributed by atoms with Gasteiger partial charge in [-0.2, -0.15) is 4.31 Å². The van der Waals surface area contributed by atoms with Gasteiger partial charge < -0.3 is 15.4 Å². The van der Waals surface area contributed by atoms with Crippen molar-refractivity contribution in [1.82, 2.24) is 14.3 Å². The van der Waals surface area contributed by atoms with Crippen LogP contribution >= 0.6 is 11.6 Å². The molecular formula is C38H44ClN5O3S. The number of hydrogen-bond acceptors (Lipinski definition) is 7. The fourth-order valence-electron chi connectivity index (χ4n) is 6.75.